The molecule has 0 bridgehead atoms. The number of fused-ring (bicyclic) bond motifs is 1. The van der Waals surface area contributed by atoms with Gasteiger partial charge in [0.05, 0.1) is 17.4 Å². The number of aryl methyl sites for hydroxylation is 1. The summed E-state index contributed by atoms with van der Waals surface area (Å²) in [6, 6.07) is 6.36. The standard InChI is InChI=1S/C14H13F3N4/c15-14(16,17)12-6-4-10(20-21-12)8-19-11-5-3-9-2-1-7-18-13(9)11/h1-2,4,6-7,11,19H,3,5,8H2. The molecule has 0 aromatic carbocycles. The fraction of sp³-hybridized carbons (Fsp3) is 0.357. The molecule has 2 heterocycles. The Balaban J connectivity index is 1.64. The average molecular weight is 294 g/mol. The Bertz CT molecular complexity index is 625. The number of halogens is 3. The van der Waals surface area contributed by atoms with E-state index in [1.54, 1.807) is 6.20 Å². The van der Waals surface area contributed by atoms with Gasteiger partial charge in [-0.2, -0.15) is 18.3 Å². The molecule has 0 amide bonds. The molecule has 3 rings (SSSR count). The maximum Gasteiger partial charge on any atom is 0.435 e. The summed E-state index contributed by atoms with van der Waals surface area (Å²) in [5, 5.41) is 10.1. The summed E-state index contributed by atoms with van der Waals surface area (Å²) in [6.45, 7) is 0.367. The van der Waals surface area contributed by atoms with Crippen LogP contribution in [0.5, 0.6) is 0 Å². The van der Waals surface area contributed by atoms with Gasteiger partial charge in [0.15, 0.2) is 5.69 Å². The highest BCUT2D eigenvalue weighted by Crippen LogP contribution is 2.29. The van der Waals surface area contributed by atoms with E-state index in [9.17, 15) is 13.2 Å². The Kier molecular flexibility index (Phi) is 3.59. The lowest BCUT2D eigenvalue weighted by atomic mass is 10.2. The Morgan fingerprint density at radius 1 is 1.19 bits per heavy atom. The van der Waals surface area contributed by atoms with Crippen molar-refractivity contribution >= 4 is 0 Å². The van der Waals surface area contributed by atoms with Crippen LogP contribution in [-0.2, 0) is 19.1 Å². The molecule has 110 valence electrons. The molecule has 0 saturated carbocycles. The van der Waals surface area contributed by atoms with Crippen LogP contribution in [0.3, 0.4) is 0 Å². The lowest BCUT2D eigenvalue weighted by Crippen LogP contribution is -2.21. The zero-order chi connectivity index (χ0) is 14.9. The summed E-state index contributed by atoms with van der Waals surface area (Å²) in [5.74, 6) is 0. The molecule has 1 aliphatic carbocycles. The number of aromatic nitrogens is 3. The number of hydrogen-bond acceptors (Lipinski definition) is 4. The van der Waals surface area contributed by atoms with Crippen LogP contribution in [0, 0.1) is 0 Å². The van der Waals surface area contributed by atoms with Crippen molar-refractivity contribution in [3.63, 3.8) is 0 Å². The van der Waals surface area contributed by atoms with Gasteiger partial charge in [-0.25, -0.2) is 0 Å². The minimum Gasteiger partial charge on any atom is -0.303 e. The number of rotatable bonds is 3. The monoisotopic (exact) mass is 294 g/mol. The number of hydrogen-bond donors (Lipinski definition) is 1. The first-order chi connectivity index (χ1) is 10.0. The second-order valence-electron chi connectivity index (χ2n) is 4.93. The van der Waals surface area contributed by atoms with Gasteiger partial charge in [0.25, 0.3) is 0 Å². The molecule has 1 N–H and O–H groups in total. The second-order valence-corrected chi connectivity index (χ2v) is 4.93. The minimum absolute atomic E-state index is 0.116. The van der Waals surface area contributed by atoms with Gasteiger partial charge in [-0.1, -0.05) is 6.07 Å². The third kappa shape index (κ3) is 3.02. The van der Waals surface area contributed by atoms with Crippen LogP contribution in [0.15, 0.2) is 30.5 Å². The van der Waals surface area contributed by atoms with Crippen LogP contribution < -0.4 is 5.32 Å². The molecule has 21 heavy (non-hydrogen) atoms. The molecule has 0 radical (unpaired) electrons. The van der Waals surface area contributed by atoms with Crippen LogP contribution in [0.1, 0.15) is 35.1 Å². The van der Waals surface area contributed by atoms with Crippen molar-refractivity contribution in [2.45, 2.75) is 31.6 Å². The van der Waals surface area contributed by atoms with Gasteiger partial charge in [0, 0.05) is 12.7 Å². The summed E-state index contributed by atoms with van der Waals surface area (Å²) in [4.78, 5) is 4.35. The third-order valence-corrected chi connectivity index (χ3v) is 3.50. The zero-order valence-electron chi connectivity index (χ0n) is 11.1. The van der Waals surface area contributed by atoms with Crippen molar-refractivity contribution < 1.29 is 13.2 Å². The highest BCUT2D eigenvalue weighted by atomic mass is 19.4. The summed E-state index contributed by atoms with van der Waals surface area (Å²) < 4.78 is 37.2. The van der Waals surface area contributed by atoms with E-state index in [1.807, 2.05) is 12.1 Å². The fourth-order valence-corrected chi connectivity index (χ4v) is 2.44. The van der Waals surface area contributed by atoms with E-state index in [1.165, 1.54) is 11.6 Å². The minimum atomic E-state index is -4.45. The van der Waals surface area contributed by atoms with Crippen LogP contribution in [0.2, 0.25) is 0 Å². The van der Waals surface area contributed by atoms with E-state index in [0.717, 1.165) is 24.6 Å². The molecular weight excluding hydrogens is 281 g/mol. The van der Waals surface area contributed by atoms with Crippen molar-refractivity contribution in [1.29, 1.82) is 0 Å². The number of nitrogens with zero attached hydrogens (tertiary/aromatic N) is 3. The van der Waals surface area contributed by atoms with E-state index in [2.05, 4.69) is 20.5 Å². The summed E-state index contributed by atoms with van der Waals surface area (Å²) in [6.07, 6.45) is -0.816. The smallest absolute Gasteiger partial charge is 0.303 e. The number of nitrogens with one attached hydrogen (secondary N) is 1. The number of pyridine rings is 1. The molecule has 7 heteroatoms. The Morgan fingerprint density at radius 3 is 2.76 bits per heavy atom. The molecule has 1 aliphatic rings. The molecule has 0 aliphatic heterocycles. The predicted octanol–water partition coefficient (Wildman–Crippen LogP) is 2.67. The van der Waals surface area contributed by atoms with Crippen LogP contribution >= 0.6 is 0 Å². The molecule has 0 spiro atoms. The molecule has 1 unspecified atom stereocenters. The van der Waals surface area contributed by atoms with Crippen LogP contribution in [0.25, 0.3) is 0 Å². The average Bonchev–Trinajstić information content (AvgIpc) is 2.88. The van der Waals surface area contributed by atoms with Gasteiger partial charge < -0.3 is 5.32 Å². The van der Waals surface area contributed by atoms with E-state index in [0.29, 0.717) is 12.2 Å². The van der Waals surface area contributed by atoms with Crippen molar-refractivity contribution in [2.24, 2.45) is 0 Å². The van der Waals surface area contributed by atoms with Crippen LogP contribution in [-0.4, -0.2) is 15.2 Å². The quantitative estimate of drug-likeness (QED) is 0.945. The summed E-state index contributed by atoms with van der Waals surface area (Å²) >= 11 is 0. The molecule has 0 saturated heterocycles. The van der Waals surface area contributed by atoms with Gasteiger partial charge in [-0.05, 0) is 36.6 Å². The lowest BCUT2D eigenvalue weighted by molar-refractivity contribution is -0.141. The van der Waals surface area contributed by atoms with E-state index < -0.39 is 11.9 Å². The first-order valence-electron chi connectivity index (χ1n) is 6.61. The zero-order valence-corrected chi connectivity index (χ0v) is 11.1. The van der Waals surface area contributed by atoms with Gasteiger partial charge in [0.1, 0.15) is 0 Å². The van der Waals surface area contributed by atoms with Crippen molar-refractivity contribution in [3.8, 4) is 0 Å². The van der Waals surface area contributed by atoms with E-state index in [-0.39, 0.29) is 6.04 Å². The highest BCUT2D eigenvalue weighted by Gasteiger charge is 2.32. The van der Waals surface area contributed by atoms with Gasteiger partial charge >= 0.3 is 6.18 Å². The molecule has 2 aromatic heterocycles. The maximum atomic E-state index is 12.4. The Morgan fingerprint density at radius 2 is 2.05 bits per heavy atom. The van der Waals surface area contributed by atoms with Gasteiger partial charge in [-0.15, -0.1) is 5.10 Å². The SMILES string of the molecule is FC(F)(F)c1ccc(CNC2CCc3cccnc32)nn1. The molecule has 1 atom stereocenters. The molecule has 0 fully saturated rings. The van der Waals surface area contributed by atoms with Crippen molar-refractivity contribution in [3.05, 3.63) is 53.1 Å². The topological polar surface area (TPSA) is 50.7 Å². The molecule has 2 aromatic rings. The van der Waals surface area contributed by atoms with Gasteiger partial charge in [-0.3, -0.25) is 4.98 Å². The van der Waals surface area contributed by atoms with E-state index in [4.69, 9.17) is 0 Å². The lowest BCUT2D eigenvalue weighted by Gasteiger charge is -2.12. The second kappa shape index (κ2) is 5.40. The number of alkyl halides is 3. The normalized spacial score (nSPS) is 17.8. The Hall–Kier alpha value is -2.02. The first kappa shape index (κ1) is 13.9. The van der Waals surface area contributed by atoms with E-state index >= 15 is 0 Å². The maximum absolute atomic E-state index is 12.4. The fourth-order valence-electron chi connectivity index (χ4n) is 2.44. The summed E-state index contributed by atoms with van der Waals surface area (Å²) in [7, 11) is 0. The van der Waals surface area contributed by atoms with Crippen molar-refractivity contribution in [2.75, 3.05) is 0 Å². The molecule has 4 nitrogen and oxygen atoms in total. The first-order valence-corrected chi connectivity index (χ1v) is 6.61. The van der Waals surface area contributed by atoms with Crippen molar-refractivity contribution in [1.82, 2.24) is 20.5 Å². The predicted molar refractivity (Wildman–Crippen MR) is 69.2 cm³/mol. The van der Waals surface area contributed by atoms with Crippen LogP contribution in [0.4, 0.5) is 13.2 Å². The van der Waals surface area contributed by atoms with Gasteiger partial charge in [0.2, 0.25) is 0 Å². The molecular formula is C14H13F3N4. The third-order valence-electron chi connectivity index (χ3n) is 3.50. The largest absolute Gasteiger partial charge is 0.435 e. The Labute approximate surface area is 119 Å². The summed E-state index contributed by atoms with van der Waals surface area (Å²) in [5.41, 5.74) is 1.73. The highest BCUT2D eigenvalue weighted by molar-refractivity contribution is 5.28.